The molecule has 0 aliphatic rings. The summed E-state index contributed by atoms with van der Waals surface area (Å²) in [6.07, 6.45) is 6.03. The number of sulfonamides is 1. The van der Waals surface area contributed by atoms with E-state index in [0.29, 0.717) is 34.7 Å². The largest absolute Gasteiger partial charge is 0.309 e. The average molecular weight is 611 g/mol. The summed E-state index contributed by atoms with van der Waals surface area (Å²) in [6, 6.07) is 20.8. The van der Waals surface area contributed by atoms with E-state index in [-0.39, 0.29) is 26.0 Å². The summed E-state index contributed by atoms with van der Waals surface area (Å²) >= 11 is 5.99. The predicted molar refractivity (Wildman–Crippen MR) is 163 cm³/mol. The molecule has 0 radical (unpaired) electrons. The minimum atomic E-state index is -4.22. The predicted octanol–water partition coefficient (Wildman–Crippen LogP) is 7.23. The lowest BCUT2D eigenvalue weighted by molar-refractivity contribution is 0.564. The number of sulfone groups is 1. The number of nitrogens with one attached hydrogen (secondary N) is 1. The molecule has 0 aliphatic heterocycles. The highest BCUT2D eigenvalue weighted by Gasteiger charge is 2.33. The molecule has 2 heterocycles. The van der Waals surface area contributed by atoms with E-state index < -0.39 is 19.9 Å². The molecular weight excluding hydrogens is 580 g/mol. The number of rotatable bonds is 12. The van der Waals surface area contributed by atoms with Crippen LogP contribution in [0.1, 0.15) is 45.4 Å². The van der Waals surface area contributed by atoms with Crippen molar-refractivity contribution in [1.29, 1.82) is 0 Å². The number of unbranched alkanes of at least 4 members (excludes halogenated alkanes) is 5. The van der Waals surface area contributed by atoms with Crippen molar-refractivity contribution in [2.45, 2.75) is 66.7 Å². The molecule has 0 aliphatic carbocycles. The van der Waals surface area contributed by atoms with Gasteiger partial charge in [0.1, 0.15) is 16.2 Å². The van der Waals surface area contributed by atoms with E-state index in [1.807, 2.05) is 6.07 Å². The lowest BCUT2D eigenvalue weighted by Crippen LogP contribution is -2.18. The molecule has 0 spiro atoms. The summed E-state index contributed by atoms with van der Waals surface area (Å²) in [5.41, 5.74) is 1.51. The molecule has 0 unspecified atom stereocenters. The fraction of sp³-hybridized carbons (Fsp3) is 0.267. The Hall–Kier alpha value is -3.47. The Morgan fingerprint density at radius 2 is 1.34 bits per heavy atom. The number of benzene rings is 3. The zero-order valence-corrected chi connectivity index (χ0v) is 25.0. The number of para-hydroxylation sites is 2. The molecule has 214 valence electrons. The number of hydrogen-bond acceptors (Lipinski definition) is 6. The molecule has 5 aromatic rings. The van der Waals surface area contributed by atoms with E-state index in [4.69, 9.17) is 21.6 Å². The molecule has 3 aromatic carbocycles. The summed E-state index contributed by atoms with van der Waals surface area (Å²) in [4.78, 5) is 9.27. The molecule has 41 heavy (non-hydrogen) atoms. The summed E-state index contributed by atoms with van der Waals surface area (Å²) in [5, 5.41) is 0.383. The molecule has 0 saturated heterocycles. The van der Waals surface area contributed by atoms with Crippen molar-refractivity contribution >= 4 is 59.5 Å². The average Bonchev–Trinajstić information content (AvgIpc) is 3.25. The molecule has 0 saturated carbocycles. The number of aromatic nitrogens is 3. The van der Waals surface area contributed by atoms with Crippen LogP contribution in [0.2, 0.25) is 5.02 Å². The van der Waals surface area contributed by atoms with Crippen LogP contribution in [0.5, 0.6) is 0 Å². The quantitative estimate of drug-likeness (QED) is 0.149. The van der Waals surface area contributed by atoms with Crippen LogP contribution >= 0.6 is 11.6 Å². The minimum Gasteiger partial charge on any atom is -0.309 e. The van der Waals surface area contributed by atoms with E-state index >= 15 is 0 Å². The third-order valence-electron chi connectivity index (χ3n) is 6.92. The number of anilines is 1. The minimum absolute atomic E-state index is 0.0283. The summed E-state index contributed by atoms with van der Waals surface area (Å²) in [7, 11) is -8.42. The fourth-order valence-electron chi connectivity index (χ4n) is 4.81. The van der Waals surface area contributed by atoms with Crippen LogP contribution in [0, 0.1) is 0 Å². The van der Waals surface area contributed by atoms with Gasteiger partial charge in [-0.2, -0.15) is 0 Å². The van der Waals surface area contributed by atoms with Gasteiger partial charge in [0.2, 0.25) is 9.84 Å². The van der Waals surface area contributed by atoms with Gasteiger partial charge in [-0.1, -0.05) is 81.0 Å². The van der Waals surface area contributed by atoms with Gasteiger partial charge in [0.05, 0.1) is 20.8 Å². The number of hydrogen-bond donors (Lipinski definition) is 1. The molecule has 11 heteroatoms. The number of halogens is 1. The fourth-order valence-corrected chi connectivity index (χ4v) is 7.64. The first-order chi connectivity index (χ1) is 19.7. The molecule has 0 fully saturated rings. The van der Waals surface area contributed by atoms with Crippen LogP contribution in [0.4, 0.5) is 5.82 Å². The highest BCUT2D eigenvalue weighted by atomic mass is 35.5. The summed E-state index contributed by atoms with van der Waals surface area (Å²) in [5.74, 6) is -0.0809. The van der Waals surface area contributed by atoms with Crippen molar-refractivity contribution in [2.24, 2.45) is 0 Å². The second kappa shape index (κ2) is 12.2. The van der Waals surface area contributed by atoms with Gasteiger partial charge in [-0.25, -0.2) is 26.8 Å². The topological polar surface area (TPSA) is 111 Å². The van der Waals surface area contributed by atoms with Gasteiger partial charge in [-0.3, -0.25) is 4.72 Å². The number of nitrogens with zero attached hydrogens (tertiary/aromatic N) is 3. The smallest absolute Gasteiger partial charge is 0.263 e. The van der Waals surface area contributed by atoms with Crippen molar-refractivity contribution in [1.82, 2.24) is 14.5 Å². The Kier molecular flexibility index (Phi) is 8.63. The number of aryl methyl sites for hydroxylation is 1. The van der Waals surface area contributed by atoms with E-state index in [1.54, 1.807) is 41.0 Å². The lowest BCUT2D eigenvalue weighted by Gasteiger charge is -2.15. The van der Waals surface area contributed by atoms with Gasteiger partial charge in [0.25, 0.3) is 10.0 Å². The van der Waals surface area contributed by atoms with E-state index in [1.165, 1.54) is 36.4 Å². The zero-order chi connectivity index (χ0) is 29.0. The first kappa shape index (κ1) is 29.0. The summed E-state index contributed by atoms with van der Waals surface area (Å²) in [6.45, 7) is 2.52. The van der Waals surface area contributed by atoms with Crippen LogP contribution in [0.15, 0.2) is 93.5 Å². The van der Waals surface area contributed by atoms with Crippen molar-refractivity contribution in [3.05, 3.63) is 83.9 Å². The second-order valence-electron chi connectivity index (χ2n) is 9.86. The van der Waals surface area contributed by atoms with Gasteiger partial charge in [0.15, 0.2) is 5.65 Å². The normalized spacial score (nSPS) is 12.2. The Bertz CT molecular complexity index is 1890. The first-order valence-corrected chi connectivity index (χ1v) is 16.9. The van der Waals surface area contributed by atoms with Gasteiger partial charge >= 0.3 is 0 Å². The molecule has 0 bridgehead atoms. The van der Waals surface area contributed by atoms with E-state index in [0.717, 1.165) is 32.1 Å². The van der Waals surface area contributed by atoms with E-state index in [2.05, 4.69) is 11.6 Å². The lowest BCUT2D eigenvalue weighted by atomic mass is 10.1. The van der Waals surface area contributed by atoms with Crippen LogP contribution in [-0.4, -0.2) is 31.4 Å². The maximum Gasteiger partial charge on any atom is 0.263 e. The SMILES string of the molecule is CCCCCCCCn1c(NS(=O)(=O)c2ccc(Cl)cc2)c(S(=O)(=O)c2ccccc2)c2nc3ccccc3nc21. The Balaban J connectivity index is 1.74. The van der Waals surface area contributed by atoms with Crippen molar-refractivity contribution in [2.75, 3.05) is 4.72 Å². The molecule has 1 N–H and O–H groups in total. The van der Waals surface area contributed by atoms with Crippen LogP contribution in [0.3, 0.4) is 0 Å². The molecule has 5 rings (SSSR count). The molecule has 0 atom stereocenters. The molecule has 2 aromatic heterocycles. The Morgan fingerprint density at radius 3 is 2.02 bits per heavy atom. The van der Waals surface area contributed by atoms with E-state index in [9.17, 15) is 16.8 Å². The van der Waals surface area contributed by atoms with Crippen molar-refractivity contribution < 1.29 is 16.8 Å². The third kappa shape index (κ3) is 6.10. The summed E-state index contributed by atoms with van der Waals surface area (Å²) < 4.78 is 59.9. The van der Waals surface area contributed by atoms with Crippen LogP contribution in [0.25, 0.3) is 22.2 Å². The van der Waals surface area contributed by atoms with Crippen molar-refractivity contribution in [3.63, 3.8) is 0 Å². The maximum absolute atomic E-state index is 14.2. The maximum atomic E-state index is 14.2. The van der Waals surface area contributed by atoms with Gasteiger partial charge in [-0.05, 0) is 55.0 Å². The first-order valence-electron chi connectivity index (χ1n) is 13.6. The highest BCUT2D eigenvalue weighted by molar-refractivity contribution is 7.93. The third-order valence-corrected chi connectivity index (χ3v) is 10.3. The van der Waals surface area contributed by atoms with Gasteiger partial charge in [0, 0.05) is 11.6 Å². The van der Waals surface area contributed by atoms with Gasteiger partial charge < -0.3 is 4.57 Å². The monoisotopic (exact) mass is 610 g/mol. The molecule has 8 nitrogen and oxygen atoms in total. The Morgan fingerprint density at radius 1 is 0.732 bits per heavy atom. The number of fused-ring (bicyclic) bond motifs is 2. The van der Waals surface area contributed by atoms with Crippen molar-refractivity contribution in [3.8, 4) is 0 Å². The highest BCUT2D eigenvalue weighted by Crippen LogP contribution is 2.38. The van der Waals surface area contributed by atoms with Crippen LogP contribution in [-0.2, 0) is 26.4 Å². The zero-order valence-electron chi connectivity index (χ0n) is 22.6. The Labute approximate surface area is 245 Å². The second-order valence-corrected chi connectivity index (χ2v) is 13.9. The van der Waals surface area contributed by atoms with Crippen LogP contribution < -0.4 is 4.72 Å². The standard InChI is InChI=1S/C30H31ClN4O4S2/c1-2-3-4-5-6-12-21-35-29-27(32-25-15-10-11-16-26(25)33-29)28(40(36,37)23-13-8-7-9-14-23)30(35)34-41(38,39)24-19-17-22(31)18-20-24/h7-11,13-20,34H,2-6,12,21H2,1H3. The molecular formula is C30H31ClN4O4S2. The molecule has 0 amide bonds. The van der Waals surface area contributed by atoms with Gasteiger partial charge in [-0.15, -0.1) is 0 Å².